The van der Waals surface area contributed by atoms with E-state index in [0.717, 1.165) is 57.0 Å². The number of H-pyrrole nitrogens is 1. The number of fused-ring (bicyclic) bond motifs is 2. The van der Waals surface area contributed by atoms with Gasteiger partial charge in [-0.3, -0.25) is 9.69 Å². The number of hydrogen-bond donors (Lipinski definition) is 1. The lowest BCUT2D eigenvalue weighted by Gasteiger charge is -2.50. The Balaban J connectivity index is 1.55. The summed E-state index contributed by atoms with van der Waals surface area (Å²) in [5, 5.41) is 0. The summed E-state index contributed by atoms with van der Waals surface area (Å²) in [5.41, 5.74) is 1.90. The van der Waals surface area contributed by atoms with Crippen molar-refractivity contribution in [1.29, 1.82) is 0 Å². The third-order valence-corrected chi connectivity index (χ3v) is 5.80. The van der Waals surface area contributed by atoms with Gasteiger partial charge in [-0.2, -0.15) is 0 Å². The molecule has 0 aliphatic carbocycles. The van der Waals surface area contributed by atoms with Crippen LogP contribution in [0, 0.1) is 0 Å². The number of ether oxygens (including phenoxy) is 1. The van der Waals surface area contributed by atoms with E-state index < -0.39 is 0 Å². The Morgan fingerprint density at radius 2 is 2.12 bits per heavy atom. The van der Waals surface area contributed by atoms with E-state index >= 15 is 0 Å². The summed E-state index contributed by atoms with van der Waals surface area (Å²) in [6.07, 6.45) is 8.15. The largest absolute Gasteiger partial charge is 0.375 e. The Kier molecular flexibility index (Phi) is 4.54. The highest BCUT2D eigenvalue weighted by Crippen LogP contribution is 2.42. The molecule has 4 rings (SSSR count). The van der Waals surface area contributed by atoms with E-state index in [0.29, 0.717) is 0 Å². The molecule has 0 radical (unpaired) electrons. The molecule has 2 aromatic heterocycles. The van der Waals surface area contributed by atoms with Gasteiger partial charge in [0.1, 0.15) is 12.4 Å². The van der Waals surface area contributed by atoms with Gasteiger partial charge in [0.15, 0.2) is 0 Å². The van der Waals surface area contributed by atoms with Crippen molar-refractivity contribution in [2.45, 2.75) is 31.3 Å². The lowest BCUT2D eigenvalue weighted by atomic mass is 9.78. The molecule has 1 amide bonds. The Bertz CT molecular complexity index is 774. The molecule has 8 heteroatoms. The first-order valence-electron chi connectivity index (χ1n) is 9.15. The standard InChI is InChI=1S/C18H26N6O2/c1-22-10-6-19-15(22)11-23-8-4-18(5-9-23)17-14(20-13-21-17)3-7-24(18)16(25)12-26-2/h6,10,13H,3-5,7-9,11-12H2,1-2H3,(H,20,21). The van der Waals surface area contributed by atoms with Crippen LogP contribution < -0.4 is 0 Å². The van der Waals surface area contributed by atoms with Crippen molar-refractivity contribution < 1.29 is 9.53 Å². The van der Waals surface area contributed by atoms with Gasteiger partial charge in [0.25, 0.3) is 0 Å². The molecule has 0 atom stereocenters. The number of carbonyl (C=O) groups is 1. The average molecular weight is 358 g/mol. The lowest BCUT2D eigenvalue weighted by Crippen LogP contribution is -2.59. The summed E-state index contributed by atoms with van der Waals surface area (Å²) in [4.78, 5) is 29.5. The van der Waals surface area contributed by atoms with Crippen molar-refractivity contribution in [3.05, 3.63) is 35.9 Å². The van der Waals surface area contributed by atoms with Crippen molar-refractivity contribution in [2.75, 3.05) is 33.4 Å². The monoisotopic (exact) mass is 358 g/mol. The lowest BCUT2D eigenvalue weighted by molar-refractivity contribution is -0.146. The number of rotatable bonds is 4. The molecule has 0 unspecified atom stereocenters. The fraction of sp³-hybridized carbons (Fsp3) is 0.611. The minimum Gasteiger partial charge on any atom is -0.375 e. The number of likely N-dealkylation sites (tertiary alicyclic amines) is 1. The van der Waals surface area contributed by atoms with Crippen LogP contribution in [0.3, 0.4) is 0 Å². The molecular formula is C18H26N6O2. The third kappa shape index (κ3) is 2.83. The highest BCUT2D eigenvalue weighted by Gasteiger charge is 2.48. The maximum Gasteiger partial charge on any atom is 0.249 e. The number of nitrogens with zero attached hydrogens (tertiary/aromatic N) is 5. The van der Waals surface area contributed by atoms with Crippen LogP contribution in [-0.4, -0.2) is 68.6 Å². The summed E-state index contributed by atoms with van der Waals surface area (Å²) in [6, 6.07) is 0. The number of hydrogen-bond acceptors (Lipinski definition) is 5. The highest BCUT2D eigenvalue weighted by molar-refractivity contribution is 5.79. The maximum atomic E-state index is 12.7. The van der Waals surface area contributed by atoms with Gasteiger partial charge < -0.3 is 19.2 Å². The molecule has 1 fully saturated rings. The van der Waals surface area contributed by atoms with Crippen molar-refractivity contribution in [1.82, 2.24) is 29.3 Å². The highest BCUT2D eigenvalue weighted by atomic mass is 16.5. The zero-order valence-corrected chi connectivity index (χ0v) is 15.4. The van der Waals surface area contributed by atoms with Crippen molar-refractivity contribution in [2.24, 2.45) is 7.05 Å². The zero-order valence-electron chi connectivity index (χ0n) is 15.4. The molecule has 4 heterocycles. The average Bonchev–Trinajstić information content (AvgIpc) is 3.27. The molecule has 8 nitrogen and oxygen atoms in total. The molecule has 1 N–H and O–H groups in total. The van der Waals surface area contributed by atoms with Gasteiger partial charge in [-0.05, 0) is 12.8 Å². The third-order valence-electron chi connectivity index (χ3n) is 5.80. The second-order valence-corrected chi connectivity index (χ2v) is 7.22. The van der Waals surface area contributed by atoms with Gasteiger partial charge in [0.2, 0.25) is 5.91 Å². The van der Waals surface area contributed by atoms with E-state index in [1.807, 2.05) is 24.3 Å². The molecular weight excluding hydrogens is 332 g/mol. The van der Waals surface area contributed by atoms with E-state index in [4.69, 9.17) is 4.74 Å². The van der Waals surface area contributed by atoms with Crippen molar-refractivity contribution in [3.8, 4) is 0 Å². The van der Waals surface area contributed by atoms with E-state index in [-0.39, 0.29) is 18.1 Å². The van der Waals surface area contributed by atoms with Crippen LogP contribution in [-0.2, 0) is 35.1 Å². The molecule has 26 heavy (non-hydrogen) atoms. The first-order chi connectivity index (χ1) is 12.6. The minimum atomic E-state index is -0.318. The fourth-order valence-electron chi connectivity index (χ4n) is 4.38. The number of amides is 1. The van der Waals surface area contributed by atoms with Gasteiger partial charge in [0.05, 0.1) is 24.1 Å². The van der Waals surface area contributed by atoms with E-state index in [1.54, 1.807) is 13.4 Å². The van der Waals surface area contributed by atoms with Crippen molar-refractivity contribution in [3.63, 3.8) is 0 Å². The van der Waals surface area contributed by atoms with Crippen LogP contribution in [0.2, 0.25) is 0 Å². The van der Waals surface area contributed by atoms with Crippen molar-refractivity contribution >= 4 is 5.91 Å². The van der Waals surface area contributed by atoms with Gasteiger partial charge in [-0.1, -0.05) is 0 Å². The maximum absolute atomic E-state index is 12.7. The van der Waals surface area contributed by atoms with E-state index in [1.165, 1.54) is 5.69 Å². The predicted molar refractivity (Wildman–Crippen MR) is 95.3 cm³/mol. The molecule has 0 aromatic carbocycles. The molecule has 0 saturated carbocycles. The molecule has 2 aliphatic rings. The van der Waals surface area contributed by atoms with Crippen LogP contribution in [0.4, 0.5) is 0 Å². The topological polar surface area (TPSA) is 79.3 Å². The Hall–Kier alpha value is -2.19. The first-order valence-corrected chi connectivity index (χ1v) is 9.15. The normalized spacial score (nSPS) is 19.7. The molecule has 2 aliphatic heterocycles. The molecule has 140 valence electrons. The van der Waals surface area contributed by atoms with Crippen LogP contribution in [0.15, 0.2) is 18.7 Å². The first kappa shape index (κ1) is 17.2. The predicted octanol–water partition coefficient (Wildman–Crippen LogP) is 0.666. The van der Waals surface area contributed by atoms with Gasteiger partial charge in [-0.15, -0.1) is 0 Å². The smallest absolute Gasteiger partial charge is 0.249 e. The van der Waals surface area contributed by atoms with Gasteiger partial charge in [0, 0.05) is 58.3 Å². The second-order valence-electron chi connectivity index (χ2n) is 7.22. The number of piperidine rings is 1. The summed E-state index contributed by atoms with van der Waals surface area (Å²) >= 11 is 0. The fourth-order valence-corrected chi connectivity index (χ4v) is 4.38. The molecule has 1 saturated heterocycles. The number of aromatic nitrogens is 4. The molecule has 2 aromatic rings. The zero-order chi connectivity index (χ0) is 18.1. The summed E-state index contributed by atoms with van der Waals surface area (Å²) in [6.45, 7) is 3.50. The number of aromatic amines is 1. The quantitative estimate of drug-likeness (QED) is 0.869. The number of aryl methyl sites for hydroxylation is 1. The summed E-state index contributed by atoms with van der Waals surface area (Å²) in [5.74, 6) is 1.12. The van der Waals surface area contributed by atoms with Gasteiger partial charge >= 0.3 is 0 Å². The van der Waals surface area contributed by atoms with Crippen LogP contribution >= 0.6 is 0 Å². The number of carbonyl (C=O) groups excluding carboxylic acids is 1. The Morgan fingerprint density at radius 3 is 2.81 bits per heavy atom. The van der Waals surface area contributed by atoms with Crippen LogP contribution in [0.1, 0.15) is 30.1 Å². The minimum absolute atomic E-state index is 0.0544. The number of methoxy groups -OCH3 is 1. The Morgan fingerprint density at radius 1 is 1.31 bits per heavy atom. The number of nitrogens with one attached hydrogen (secondary N) is 1. The van der Waals surface area contributed by atoms with Crippen LogP contribution in [0.5, 0.6) is 0 Å². The van der Waals surface area contributed by atoms with E-state index in [9.17, 15) is 4.79 Å². The molecule has 0 bridgehead atoms. The summed E-state index contributed by atoms with van der Waals surface area (Å²) < 4.78 is 7.18. The van der Waals surface area contributed by atoms with Gasteiger partial charge in [-0.25, -0.2) is 9.97 Å². The Labute approximate surface area is 153 Å². The van der Waals surface area contributed by atoms with E-state index in [2.05, 4.69) is 24.4 Å². The SMILES string of the molecule is COCC(=O)N1CCc2[nH]cnc2C12CCN(Cc1nccn1C)CC2. The number of imidazole rings is 2. The van der Waals surface area contributed by atoms with Crippen LogP contribution in [0.25, 0.3) is 0 Å². The molecule has 1 spiro atoms. The summed E-state index contributed by atoms with van der Waals surface area (Å²) in [7, 11) is 3.60. The second kappa shape index (κ2) is 6.85.